The minimum Gasteiger partial charge on any atom is -0.421 e. The zero-order chi connectivity index (χ0) is 15.6. The van der Waals surface area contributed by atoms with Gasteiger partial charge in [0, 0.05) is 18.3 Å². The molecule has 3 N–H and O–H groups in total. The van der Waals surface area contributed by atoms with Gasteiger partial charge in [0.2, 0.25) is 0 Å². The van der Waals surface area contributed by atoms with Crippen LogP contribution in [0.15, 0.2) is 24.4 Å². The van der Waals surface area contributed by atoms with Crippen LogP contribution >= 0.6 is 23.2 Å². The lowest BCUT2D eigenvalue weighted by atomic mass is 10.3. The monoisotopic (exact) mass is 327 g/mol. The van der Waals surface area contributed by atoms with Crippen molar-refractivity contribution in [2.24, 2.45) is 5.73 Å². The molecule has 1 heterocycles. The lowest BCUT2D eigenvalue weighted by Crippen LogP contribution is -2.13. The molecule has 0 aliphatic carbocycles. The van der Waals surface area contributed by atoms with Crippen LogP contribution in [0.2, 0.25) is 10.0 Å². The summed E-state index contributed by atoms with van der Waals surface area (Å²) in [5.41, 5.74) is 5.19. The fourth-order valence-corrected chi connectivity index (χ4v) is 1.93. The average Bonchev–Trinajstić information content (AvgIpc) is 2.42. The maximum Gasteiger partial charge on any atom is 0.322 e. The lowest BCUT2D eigenvalue weighted by molar-refractivity contribution is -0.384. The number of aromatic nitrogens is 2. The lowest BCUT2D eigenvalue weighted by Gasteiger charge is -2.08. The van der Waals surface area contributed by atoms with Crippen molar-refractivity contribution in [3.8, 4) is 11.8 Å². The standard InChI is InChI=1S/C11H7Cl2N5O3/c12-6-3-5(18(19)20)4-7(13)9(6)21-11-16-2-1-8(17-11)10(14)15/h1-4H,(H3,14,15). The van der Waals surface area contributed by atoms with E-state index in [1.165, 1.54) is 12.3 Å². The molecule has 108 valence electrons. The van der Waals surface area contributed by atoms with Gasteiger partial charge in [0.1, 0.15) is 11.5 Å². The summed E-state index contributed by atoms with van der Waals surface area (Å²) >= 11 is 11.8. The number of nitro groups is 1. The first kappa shape index (κ1) is 14.9. The molecule has 0 bridgehead atoms. The molecule has 0 radical (unpaired) electrons. The van der Waals surface area contributed by atoms with Gasteiger partial charge >= 0.3 is 6.01 Å². The molecule has 0 aliphatic rings. The molecule has 1 aromatic carbocycles. The number of nitrogens with one attached hydrogen (secondary N) is 1. The minimum atomic E-state index is -0.631. The quantitative estimate of drug-likeness (QED) is 0.384. The molecule has 8 nitrogen and oxygen atoms in total. The van der Waals surface area contributed by atoms with Crippen molar-refractivity contribution in [1.82, 2.24) is 9.97 Å². The van der Waals surface area contributed by atoms with Crippen molar-refractivity contribution < 1.29 is 9.66 Å². The fourth-order valence-electron chi connectivity index (χ4n) is 1.38. The van der Waals surface area contributed by atoms with Crippen molar-refractivity contribution in [3.63, 3.8) is 0 Å². The summed E-state index contributed by atoms with van der Waals surface area (Å²) in [6.07, 6.45) is 1.34. The number of amidine groups is 1. The average molecular weight is 328 g/mol. The van der Waals surface area contributed by atoms with Gasteiger partial charge in [-0.05, 0) is 6.07 Å². The van der Waals surface area contributed by atoms with Gasteiger partial charge in [0.15, 0.2) is 5.75 Å². The second-order valence-electron chi connectivity index (χ2n) is 3.74. The van der Waals surface area contributed by atoms with E-state index in [4.69, 9.17) is 39.1 Å². The van der Waals surface area contributed by atoms with Crippen LogP contribution in [0.5, 0.6) is 11.8 Å². The normalized spacial score (nSPS) is 10.2. The molecule has 0 saturated carbocycles. The number of halogens is 2. The summed E-state index contributed by atoms with van der Waals surface area (Å²) in [5, 5.41) is 17.8. The summed E-state index contributed by atoms with van der Waals surface area (Å²) in [6, 6.07) is 3.48. The summed E-state index contributed by atoms with van der Waals surface area (Å²) in [4.78, 5) is 17.7. The van der Waals surface area contributed by atoms with Crippen molar-refractivity contribution in [3.05, 3.63) is 50.2 Å². The number of rotatable bonds is 4. The number of hydrogen-bond acceptors (Lipinski definition) is 6. The first-order valence-electron chi connectivity index (χ1n) is 5.37. The predicted molar refractivity (Wildman–Crippen MR) is 76.2 cm³/mol. The molecular weight excluding hydrogens is 321 g/mol. The highest BCUT2D eigenvalue weighted by atomic mass is 35.5. The van der Waals surface area contributed by atoms with Crippen LogP contribution in [0.3, 0.4) is 0 Å². The summed E-state index contributed by atoms with van der Waals surface area (Å²) in [5.74, 6) is -0.284. The zero-order valence-corrected chi connectivity index (χ0v) is 11.7. The van der Waals surface area contributed by atoms with E-state index >= 15 is 0 Å². The van der Waals surface area contributed by atoms with E-state index in [2.05, 4.69) is 9.97 Å². The topological polar surface area (TPSA) is 128 Å². The molecule has 0 saturated heterocycles. The fraction of sp³-hybridized carbons (Fsp3) is 0. The number of benzene rings is 1. The maximum atomic E-state index is 10.7. The van der Waals surface area contributed by atoms with Crippen LogP contribution in [-0.4, -0.2) is 20.7 Å². The molecular formula is C11H7Cl2N5O3. The Labute approximate surface area is 128 Å². The SMILES string of the molecule is N=C(N)c1ccnc(Oc2c(Cl)cc([N+](=O)[O-])cc2Cl)n1. The van der Waals surface area contributed by atoms with E-state index in [9.17, 15) is 10.1 Å². The van der Waals surface area contributed by atoms with Gasteiger partial charge in [-0.2, -0.15) is 4.98 Å². The van der Waals surface area contributed by atoms with Crippen LogP contribution < -0.4 is 10.5 Å². The number of non-ortho nitro benzene ring substituents is 1. The van der Waals surface area contributed by atoms with Gasteiger partial charge in [-0.3, -0.25) is 15.5 Å². The van der Waals surface area contributed by atoms with E-state index in [1.54, 1.807) is 0 Å². The van der Waals surface area contributed by atoms with Crippen LogP contribution in [0.1, 0.15) is 5.69 Å². The number of nitrogens with two attached hydrogens (primary N) is 1. The van der Waals surface area contributed by atoms with Crippen LogP contribution in [0.4, 0.5) is 5.69 Å². The molecule has 2 rings (SSSR count). The number of nitrogens with zero attached hydrogens (tertiary/aromatic N) is 3. The van der Waals surface area contributed by atoms with Gasteiger partial charge in [-0.1, -0.05) is 23.2 Å². The molecule has 1 aromatic heterocycles. The Hall–Kier alpha value is -2.45. The molecule has 0 fully saturated rings. The first-order valence-corrected chi connectivity index (χ1v) is 6.13. The zero-order valence-electron chi connectivity index (χ0n) is 10.2. The molecule has 0 spiro atoms. The maximum absolute atomic E-state index is 10.7. The van der Waals surface area contributed by atoms with Crippen molar-refractivity contribution in [2.45, 2.75) is 0 Å². The highest BCUT2D eigenvalue weighted by Crippen LogP contribution is 2.38. The Bertz CT molecular complexity index is 715. The molecule has 0 unspecified atom stereocenters. The molecule has 2 aromatic rings. The van der Waals surface area contributed by atoms with Crippen LogP contribution in [-0.2, 0) is 0 Å². The van der Waals surface area contributed by atoms with Gasteiger partial charge in [-0.25, -0.2) is 4.98 Å². The highest BCUT2D eigenvalue weighted by molar-refractivity contribution is 6.37. The summed E-state index contributed by atoms with van der Waals surface area (Å²) in [7, 11) is 0. The number of nitro benzene ring substituents is 1. The highest BCUT2D eigenvalue weighted by Gasteiger charge is 2.17. The third-order valence-electron chi connectivity index (χ3n) is 2.30. The van der Waals surface area contributed by atoms with Gasteiger partial charge in [-0.15, -0.1) is 0 Å². The molecule has 0 amide bonds. The summed E-state index contributed by atoms with van der Waals surface area (Å²) < 4.78 is 5.30. The number of nitrogen functional groups attached to an aromatic ring is 1. The van der Waals surface area contributed by atoms with E-state index in [0.717, 1.165) is 12.1 Å². The first-order chi connectivity index (χ1) is 9.88. The Kier molecular flexibility index (Phi) is 4.20. The molecule has 0 aliphatic heterocycles. The molecule has 0 atom stereocenters. The van der Waals surface area contributed by atoms with Crippen LogP contribution in [0.25, 0.3) is 0 Å². The van der Waals surface area contributed by atoms with Crippen molar-refractivity contribution >= 4 is 34.7 Å². The van der Waals surface area contributed by atoms with E-state index in [-0.39, 0.29) is 39.0 Å². The Morgan fingerprint density at radius 2 is 2.00 bits per heavy atom. The van der Waals surface area contributed by atoms with Gasteiger partial charge < -0.3 is 10.5 Å². The largest absolute Gasteiger partial charge is 0.421 e. The Balaban J connectivity index is 2.38. The second-order valence-corrected chi connectivity index (χ2v) is 4.55. The van der Waals surface area contributed by atoms with E-state index in [0.29, 0.717) is 0 Å². The van der Waals surface area contributed by atoms with Crippen molar-refractivity contribution in [1.29, 1.82) is 5.41 Å². The van der Waals surface area contributed by atoms with E-state index in [1.807, 2.05) is 0 Å². The third-order valence-corrected chi connectivity index (χ3v) is 2.86. The third kappa shape index (κ3) is 3.36. The van der Waals surface area contributed by atoms with Gasteiger partial charge in [0.05, 0.1) is 15.0 Å². The predicted octanol–water partition coefficient (Wildman–Crippen LogP) is 2.77. The Morgan fingerprint density at radius 1 is 1.38 bits per heavy atom. The number of ether oxygens (including phenoxy) is 1. The Morgan fingerprint density at radius 3 is 2.52 bits per heavy atom. The molecule has 10 heteroatoms. The smallest absolute Gasteiger partial charge is 0.322 e. The van der Waals surface area contributed by atoms with Crippen LogP contribution in [0, 0.1) is 15.5 Å². The van der Waals surface area contributed by atoms with E-state index < -0.39 is 4.92 Å². The summed E-state index contributed by atoms with van der Waals surface area (Å²) in [6.45, 7) is 0. The minimum absolute atomic E-state index is 0.0235. The van der Waals surface area contributed by atoms with Gasteiger partial charge in [0.25, 0.3) is 5.69 Å². The second kappa shape index (κ2) is 5.90. The van der Waals surface area contributed by atoms with Crippen molar-refractivity contribution in [2.75, 3.05) is 0 Å². The number of hydrogen-bond donors (Lipinski definition) is 2. The molecule has 21 heavy (non-hydrogen) atoms.